The van der Waals surface area contributed by atoms with E-state index in [4.69, 9.17) is 11.6 Å². The summed E-state index contributed by atoms with van der Waals surface area (Å²) in [5, 5.41) is 0.551. The number of rotatable bonds is 3. The van der Waals surface area contributed by atoms with Crippen molar-refractivity contribution in [3.63, 3.8) is 0 Å². The van der Waals surface area contributed by atoms with Gasteiger partial charge in [-0.05, 0) is 55.7 Å². The first-order valence-corrected chi connectivity index (χ1v) is 8.78. The number of halogens is 1. The summed E-state index contributed by atoms with van der Waals surface area (Å²) < 4.78 is 15.0. The van der Waals surface area contributed by atoms with Gasteiger partial charge in [-0.2, -0.15) is 8.57 Å². The molecule has 0 fully saturated rings. The molecule has 0 bridgehead atoms. The Morgan fingerprint density at radius 1 is 1.00 bits per heavy atom. The number of aryl methyl sites for hydroxylation is 2. The molecule has 0 radical (unpaired) electrons. The Balaban J connectivity index is 2.28. The lowest BCUT2D eigenvalue weighted by molar-refractivity contribution is 0.698. The maximum absolute atomic E-state index is 10.9. The molecule has 0 N–H and O–H groups in total. The molecule has 0 unspecified atom stereocenters. The number of hydrogen-bond acceptors (Lipinski definition) is 4. The molecule has 0 aliphatic carbocycles. The van der Waals surface area contributed by atoms with Gasteiger partial charge in [0.1, 0.15) is 0 Å². The highest BCUT2D eigenvalue weighted by Gasteiger charge is 2.15. The molecule has 6 heteroatoms. The van der Waals surface area contributed by atoms with Crippen molar-refractivity contribution in [3.8, 4) is 22.4 Å². The number of aromatic nitrogens is 2. The van der Waals surface area contributed by atoms with Crippen LogP contribution < -0.4 is 0 Å². The number of benzene rings is 1. The Morgan fingerprint density at radius 3 is 2.48 bits per heavy atom. The quantitative estimate of drug-likeness (QED) is 0.619. The fourth-order valence-corrected chi connectivity index (χ4v) is 3.30. The normalized spacial score (nSPS) is 10.6. The molecule has 3 aromatic rings. The zero-order valence-electron chi connectivity index (χ0n) is 14.1. The van der Waals surface area contributed by atoms with E-state index in [9.17, 15) is 4.21 Å². The first-order chi connectivity index (χ1) is 12.0. The Bertz CT molecular complexity index is 996. The van der Waals surface area contributed by atoms with Crippen LogP contribution in [-0.4, -0.2) is 14.2 Å². The summed E-state index contributed by atoms with van der Waals surface area (Å²) in [4.78, 5) is 8.88. The summed E-state index contributed by atoms with van der Waals surface area (Å²) in [6.07, 6.45) is 3.43. The zero-order valence-corrected chi connectivity index (χ0v) is 15.6. The second-order valence-corrected chi connectivity index (χ2v) is 6.58. The predicted molar refractivity (Wildman–Crippen MR) is 102 cm³/mol. The highest BCUT2D eigenvalue weighted by molar-refractivity contribution is 7.54. The summed E-state index contributed by atoms with van der Waals surface area (Å²) in [5.74, 6) is 0. The van der Waals surface area contributed by atoms with Gasteiger partial charge in [0.05, 0.1) is 16.4 Å². The Morgan fingerprint density at radius 2 is 1.80 bits per heavy atom. The average Bonchev–Trinajstić information content (AvgIpc) is 2.60. The minimum Gasteiger partial charge on any atom is -0.261 e. The second-order valence-electron chi connectivity index (χ2n) is 5.81. The summed E-state index contributed by atoms with van der Waals surface area (Å²) in [6.45, 7) is 5.83. The van der Waals surface area contributed by atoms with Crippen LogP contribution in [0, 0.1) is 20.8 Å². The van der Waals surface area contributed by atoms with Crippen molar-refractivity contribution in [3.05, 3.63) is 64.6 Å². The fourth-order valence-electron chi connectivity index (χ4n) is 2.79. The van der Waals surface area contributed by atoms with Crippen LogP contribution in [0.1, 0.15) is 16.8 Å². The lowest BCUT2D eigenvalue weighted by atomic mass is 9.94. The summed E-state index contributed by atoms with van der Waals surface area (Å²) in [6, 6.07) is 9.79. The van der Waals surface area contributed by atoms with E-state index < -0.39 is 0 Å². The van der Waals surface area contributed by atoms with Gasteiger partial charge in [0.25, 0.3) is 0 Å². The first kappa shape index (κ1) is 17.5. The number of hydrogen-bond donors (Lipinski definition) is 0. The number of pyridine rings is 2. The van der Waals surface area contributed by atoms with Crippen molar-refractivity contribution in [2.24, 2.45) is 4.36 Å². The Hall–Kier alpha value is -2.37. The van der Waals surface area contributed by atoms with Gasteiger partial charge in [0.15, 0.2) is 0 Å². The van der Waals surface area contributed by atoms with Gasteiger partial charge in [-0.25, -0.2) is 0 Å². The van der Waals surface area contributed by atoms with Crippen molar-refractivity contribution in [1.82, 2.24) is 9.97 Å². The lowest BCUT2D eigenvalue weighted by Gasteiger charge is -2.14. The predicted octanol–water partition coefficient (Wildman–Crippen LogP) is 5.42. The minimum atomic E-state index is 0.216. The highest BCUT2D eigenvalue weighted by atomic mass is 35.5. The molecular weight excluding hydrogens is 354 g/mol. The Labute approximate surface area is 155 Å². The average molecular weight is 370 g/mol. The molecule has 2 aromatic heterocycles. The van der Waals surface area contributed by atoms with Crippen LogP contribution in [-0.2, 0) is 11.5 Å². The van der Waals surface area contributed by atoms with Crippen LogP contribution in [0.4, 0.5) is 5.69 Å². The van der Waals surface area contributed by atoms with Gasteiger partial charge in [0.2, 0.25) is 11.5 Å². The largest absolute Gasteiger partial charge is 0.261 e. The molecule has 0 saturated heterocycles. The van der Waals surface area contributed by atoms with E-state index in [0.717, 1.165) is 39.2 Å². The van der Waals surface area contributed by atoms with Gasteiger partial charge in [-0.3, -0.25) is 9.97 Å². The third-order valence-electron chi connectivity index (χ3n) is 4.09. The molecule has 0 amide bonds. The van der Waals surface area contributed by atoms with Crippen LogP contribution >= 0.6 is 11.6 Å². The molecule has 25 heavy (non-hydrogen) atoms. The van der Waals surface area contributed by atoms with Crippen molar-refractivity contribution in [1.29, 1.82) is 0 Å². The topological polar surface area (TPSA) is 55.2 Å². The lowest BCUT2D eigenvalue weighted by Crippen LogP contribution is -1.94. The van der Waals surface area contributed by atoms with E-state index in [1.54, 1.807) is 12.4 Å². The van der Waals surface area contributed by atoms with Crippen LogP contribution in [0.2, 0.25) is 5.02 Å². The van der Waals surface area contributed by atoms with Crippen LogP contribution in [0.25, 0.3) is 22.4 Å². The summed E-state index contributed by atoms with van der Waals surface area (Å²) >= 11 is 6.42. The minimum absolute atomic E-state index is 0.216. The highest BCUT2D eigenvalue weighted by Crippen LogP contribution is 2.38. The molecule has 0 spiro atoms. The third kappa shape index (κ3) is 3.52. The monoisotopic (exact) mass is 369 g/mol. The molecule has 3 rings (SSSR count). The molecule has 0 atom stereocenters. The molecule has 0 saturated carbocycles. The second kappa shape index (κ2) is 7.25. The van der Waals surface area contributed by atoms with E-state index >= 15 is 0 Å². The van der Waals surface area contributed by atoms with Gasteiger partial charge in [0, 0.05) is 29.2 Å². The third-order valence-corrected chi connectivity index (χ3v) is 4.55. The summed E-state index contributed by atoms with van der Waals surface area (Å²) in [7, 11) is 0. The van der Waals surface area contributed by atoms with Crippen molar-refractivity contribution in [2.75, 3.05) is 0 Å². The van der Waals surface area contributed by atoms with Crippen LogP contribution in [0.5, 0.6) is 0 Å². The van der Waals surface area contributed by atoms with Gasteiger partial charge < -0.3 is 0 Å². The maximum Gasteiger partial charge on any atom is 0.205 e. The zero-order chi connectivity index (χ0) is 18.0. The molecular formula is C19H16ClN3OS. The smallest absolute Gasteiger partial charge is 0.205 e. The molecule has 126 valence electrons. The van der Waals surface area contributed by atoms with E-state index in [0.29, 0.717) is 10.7 Å². The van der Waals surface area contributed by atoms with Crippen LogP contribution in [0.15, 0.2) is 47.1 Å². The van der Waals surface area contributed by atoms with Crippen LogP contribution in [0.3, 0.4) is 0 Å². The van der Waals surface area contributed by atoms with Gasteiger partial charge >= 0.3 is 0 Å². The van der Waals surface area contributed by atoms with E-state index in [2.05, 4.69) is 14.3 Å². The van der Waals surface area contributed by atoms with Gasteiger partial charge in [-0.15, -0.1) is 0 Å². The van der Waals surface area contributed by atoms with Gasteiger partial charge in [-0.1, -0.05) is 23.7 Å². The molecule has 0 aliphatic heterocycles. The molecule has 4 nitrogen and oxygen atoms in total. The SMILES string of the molecule is Cc1ccc(-c2ncc(Cl)cc2-c2ccc(C)c(N=S=O)c2C)cn1. The van der Waals surface area contributed by atoms with Crippen molar-refractivity contribution in [2.45, 2.75) is 20.8 Å². The molecule has 0 aliphatic rings. The number of nitrogens with zero attached hydrogens (tertiary/aromatic N) is 3. The van der Waals surface area contributed by atoms with Crippen molar-refractivity contribution >= 4 is 28.8 Å². The van der Waals surface area contributed by atoms with E-state index in [1.807, 2.05) is 51.1 Å². The maximum atomic E-state index is 10.9. The summed E-state index contributed by atoms with van der Waals surface area (Å²) in [5.41, 5.74) is 7.07. The first-order valence-electron chi connectivity index (χ1n) is 7.70. The fraction of sp³-hybridized carbons (Fsp3) is 0.158. The van der Waals surface area contributed by atoms with E-state index in [1.165, 1.54) is 0 Å². The Kier molecular flexibility index (Phi) is 5.06. The molecule has 1 aromatic carbocycles. The molecule has 2 heterocycles. The van der Waals surface area contributed by atoms with Crippen molar-refractivity contribution < 1.29 is 4.21 Å². The van der Waals surface area contributed by atoms with E-state index in [-0.39, 0.29) is 11.5 Å². The standard InChI is InChI=1S/C19H16ClN3OS/c1-11-4-7-16(13(3)18(11)23-25-24)17-8-15(20)10-22-19(17)14-6-5-12(2)21-9-14/h4-10H,1-3H3.